The van der Waals surface area contributed by atoms with E-state index >= 15 is 0 Å². The van der Waals surface area contributed by atoms with E-state index in [1.165, 1.54) is 6.07 Å². The lowest BCUT2D eigenvalue weighted by molar-refractivity contribution is 0.0997. The molecule has 4 nitrogen and oxygen atoms in total. The zero-order chi connectivity index (χ0) is 16.6. The van der Waals surface area contributed by atoms with Crippen LogP contribution in [-0.2, 0) is 0 Å². The fourth-order valence-electron chi connectivity index (χ4n) is 2.29. The fourth-order valence-corrected chi connectivity index (χ4v) is 2.88. The van der Waals surface area contributed by atoms with Crippen LogP contribution in [0, 0.1) is 13.8 Å². The third kappa shape index (κ3) is 3.19. The van der Waals surface area contributed by atoms with Gasteiger partial charge in [-0.1, -0.05) is 17.7 Å². The van der Waals surface area contributed by atoms with Crippen molar-refractivity contribution in [1.29, 1.82) is 0 Å². The molecule has 0 saturated carbocycles. The Morgan fingerprint density at radius 3 is 2.48 bits per heavy atom. The molecular formula is C18H14BrNO3. The first kappa shape index (κ1) is 15.5. The lowest BCUT2D eigenvalue weighted by Gasteiger charge is -2.08. The average molecular weight is 372 g/mol. The minimum absolute atomic E-state index is 0.0150. The second-order valence-electron chi connectivity index (χ2n) is 5.41. The van der Waals surface area contributed by atoms with Crippen LogP contribution in [-0.4, -0.2) is 5.91 Å². The van der Waals surface area contributed by atoms with Crippen LogP contribution < -0.4 is 10.7 Å². The minimum atomic E-state index is -0.464. The van der Waals surface area contributed by atoms with E-state index in [0.29, 0.717) is 16.7 Å². The van der Waals surface area contributed by atoms with Gasteiger partial charge in [-0.05, 0) is 59.6 Å². The number of carbonyl (C=O) groups excluding carboxylic acids is 1. The molecule has 0 spiro atoms. The van der Waals surface area contributed by atoms with Crippen LogP contribution in [0.4, 0.5) is 5.69 Å². The van der Waals surface area contributed by atoms with Gasteiger partial charge >= 0.3 is 0 Å². The normalized spacial score (nSPS) is 10.7. The first-order valence-electron chi connectivity index (χ1n) is 7.06. The molecule has 1 amide bonds. The van der Waals surface area contributed by atoms with Crippen molar-refractivity contribution >= 4 is 38.5 Å². The summed E-state index contributed by atoms with van der Waals surface area (Å²) < 4.78 is 6.34. The van der Waals surface area contributed by atoms with Gasteiger partial charge in [0.1, 0.15) is 5.58 Å². The van der Waals surface area contributed by atoms with Gasteiger partial charge in [0.25, 0.3) is 5.91 Å². The molecule has 0 fully saturated rings. The smallest absolute Gasteiger partial charge is 0.291 e. The molecule has 1 N–H and O–H groups in total. The van der Waals surface area contributed by atoms with Crippen LogP contribution in [0.3, 0.4) is 0 Å². The number of amides is 1. The van der Waals surface area contributed by atoms with Crippen molar-refractivity contribution in [3.8, 4) is 0 Å². The highest BCUT2D eigenvalue weighted by Gasteiger charge is 2.14. The predicted molar refractivity (Wildman–Crippen MR) is 94.1 cm³/mol. The van der Waals surface area contributed by atoms with Gasteiger partial charge in [-0.25, -0.2) is 0 Å². The summed E-state index contributed by atoms with van der Waals surface area (Å²) in [6.07, 6.45) is 0. The topological polar surface area (TPSA) is 59.3 Å². The number of aryl methyl sites for hydroxylation is 2. The Kier molecular flexibility index (Phi) is 4.05. The number of anilines is 1. The Labute approximate surface area is 141 Å². The third-order valence-electron chi connectivity index (χ3n) is 3.48. The molecule has 0 bridgehead atoms. The van der Waals surface area contributed by atoms with Gasteiger partial charge in [-0.2, -0.15) is 0 Å². The van der Waals surface area contributed by atoms with Gasteiger partial charge in [0.05, 0.1) is 11.1 Å². The van der Waals surface area contributed by atoms with Crippen molar-refractivity contribution in [3.63, 3.8) is 0 Å². The van der Waals surface area contributed by atoms with Gasteiger partial charge < -0.3 is 9.73 Å². The Morgan fingerprint density at radius 2 is 1.74 bits per heavy atom. The summed E-state index contributed by atoms with van der Waals surface area (Å²) >= 11 is 3.40. The van der Waals surface area contributed by atoms with Crippen LogP contribution in [0.1, 0.15) is 21.7 Å². The van der Waals surface area contributed by atoms with Crippen molar-refractivity contribution < 1.29 is 9.21 Å². The molecular weight excluding hydrogens is 358 g/mol. The Hall–Kier alpha value is -2.40. The number of hydrogen-bond donors (Lipinski definition) is 1. The maximum Gasteiger partial charge on any atom is 0.291 e. The van der Waals surface area contributed by atoms with Gasteiger partial charge in [-0.15, -0.1) is 0 Å². The molecule has 116 valence electrons. The highest BCUT2D eigenvalue weighted by molar-refractivity contribution is 9.10. The van der Waals surface area contributed by atoms with E-state index in [0.717, 1.165) is 15.6 Å². The van der Waals surface area contributed by atoms with Gasteiger partial charge in [0.2, 0.25) is 0 Å². The maximum atomic E-state index is 12.3. The summed E-state index contributed by atoms with van der Waals surface area (Å²) in [6.45, 7) is 3.86. The van der Waals surface area contributed by atoms with Crippen molar-refractivity contribution in [1.82, 2.24) is 0 Å². The number of rotatable bonds is 2. The zero-order valence-corrected chi connectivity index (χ0v) is 14.2. The zero-order valence-electron chi connectivity index (χ0n) is 12.6. The second-order valence-corrected chi connectivity index (χ2v) is 6.27. The van der Waals surface area contributed by atoms with Gasteiger partial charge in [-0.3, -0.25) is 9.59 Å². The highest BCUT2D eigenvalue weighted by Crippen LogP contribution is 2.24. The van der Waals surface area contributed by atoms with Crippen LogP contribution in [0.2, 0.25) is 0 Å². The molecule has 0 radical (unpaired) electrons. The summed E-state index contributed by atoms with van der Waals surface area (Å²) in [6, 6.07) is 12.1. The van der Waals surface area contributed by atoms with E-state index in [9.17, 15) is 9.59 Å². The van der Waals surface area contributed by atoms with Crippen LogP contribution >= 0.6 is 15.9 Å². The van der Waals surface area contributed by atoms with Crippen LogP contribution in [0.25, 0.3) is 11.0 Å². The molecule has 0 unspecified atom stereocenters. The number of benzene rings is 2. The van der Waals surface area contributed by atoms with E-state index in [-0.39, 0.29) is 11.2 Å². The Balaban J connectivity index is 1.98. The molecule has 0 aliphatic heterocycles. The molecule has 3 rings (SSSR count). The molecule has 23 heavy (non-hydrogen) atoms. The molecule has 5 heteroatoms. The number of halogens is 1. The summed E-state index contributed by atoms with van der Waals surface area (Å²) in [5.74, 6) is -0.479. The van der Waals surface area contributed by atoms with E-state index in [2.05, 4.69) is 21.2 Å². The summed E-state index contributed by atoms with van der Waals surface area (Å²) in [4.78, 5) is 24.5. The van der Waals surface area contributed by atoms with Crippen LogP contribution in [0.15, 0.2) is 56.1 Å². The summed E-state index contributed by atoms with van der Waals surface area (Å²) in [7, 11) is 0. The number of carbonyl (C=O) groups is 1. The van der Waals surface area contributed by atoms with Crippen molar-refractivity contribution in [2.75, 3.05) is 5.32 Å². The fraction of sp³-hybridized carbons (Fsp3) is 0.111. The molecule has 1 aromatic heterocycles. The van der Waals surface area contributed by atoms with Crippen molar-refractivity contribution in [2.24, 2.45) is 0 Å². The monoisotopic (exact) mass is 371 g/mol. The van der Waals surface area contributed by atoms with Gasteiger partial charge in [0, 0.05) is 10.5 Å². The molecule has 2 aromatic carbocycles. The quantitative estimate of drug-likeness (QED) is 0.724. The first-order valence-corrected chi connectivity index (χ1v) is 7.85. The molecule has 0 saturated heterocycles. The molecule has 0 atom stereocenters. The van der Waals surface area contributed by atoms with E-state index in [4.69, 9.17) is 4.42 Å². The maximum absolute atomic E-state index is 12.3. The summed E-state index contributed by atoms with van der Waals surface area (Å²) in [5, 5.41) is 3.21. The molecule has 0 aliphatic rings. The van der Waals surface area contributed by atoms with Gasteiger partial charge in [0.15, 0.2) is 11.2 Å². The number of fused-ring (bicyclic) bond motifs is 1. The van der Waals surface area contributed by atoms with E-state index in [1.807, 2.05) is 32.0 Å². The lowest BCUT2D eigenvalue weighted by Crippen LogP contribution is -2.15. The molecule has 0 aliphatic carbocycles. The van der Waals surface area contributed by atoms with E-state index in [1.54, 1.807) is 18.2 Å². The SMILES string of the molecule is Cc1ccc(NC(=O)c2cc(=O)c3cc(C)ccc3o2)c(Br)c1. The van der Waals surface area contributed by atoms with Crippen molar-refractivity contribution in [2.45, 2.75) is 13.8 Å². The Morgan fingerprint density at radius 1 is 1.04 bits per heavy atom. The third-order valence-corrected chi connectivity index (χ3v) is 4.14. The predicted octanol–water partition coefficient (Wildman–Crippen LogP) is 4.42. The minimum Gasteiger partial charge on any atom is -0.451 e. The van der Waals surface area contributed by atoms with Crippen molar-refractivity contribution in [3.05, 3.63) is 74.0 Å². The lowest BCUT2D eigenvalue weighted by atomic mass is 10.1. The number of hydrogen-bond acceptors (Lipinski definition) is 3. The van der Waals surface area contributed by atoms with Crippen LogP contribution in [0.5, 0.6) is 0 Å². The average Bonchev–Trinajstić information content (AvgIpc) is 2.50. The highest BCUT2D eigenvalue weighted by atomic mass is 79.9. The second kappa shape index (κ2) is 6.01. The largest absolute Gasteiger partial charge is 0.451 e. The number of nitrogens with one attached hydrogen (secondary N) is 1. The summed E-state index contributed by atoms with van der Waals surface area (Å²) in [5.41, 5.74) is 2.82. The van der Waals surface area contributed by atoms with E-state index < -0.39 is 5.91 Å². The standard InChI is InChI=1S/C18H14BrNO3/c1-10-4-6-16-12(7-10)15(21)9-17(23-16)18(22)20-14-5-3-11(2)8-13(14)19/h3-9H,1-2H3,(H,20,22). The first-order chi connectivity index (χ1) is 10.9. The molecule has 1 heterocycles. The Bertz CT molecular complexity index is 976. The molecule has 3 aromatic rings.